The van der Waals surface area contributed by atoms with Crippen molar-refractivity contribution in [2.75, 3.05) is 7.11 Å². The Morgan fingerprint density at radius 2 is 1.93 bits per heavy atom. The minimum atomic E-state index is -3.02. The maximum absolute atomic E-state index is 13.1. The zero-order valence-electron chi connectivity index (χ0n) is 8.27. The Morgan fingerprint density at radius 1 is 1.36 bits per heavy atom. The van der Waals surface area contributed by atoms with E-state index in [0.29, 0.717) is 5.56 Å². The highest BCUT2D eigenvalue weighted by atomic mass is 19.3. The van der Waals surface area contributed by atoms with Crippen molar-refractivity contribution in [3.8, 4) is 11.5 Å². The normalized spacial score (nSPS) is 11.5. The van der Waals surface area contributed by atoms with Crippen molar-refractivity contribution >= 4 is 0 Å². The number of hydrogen-bond acceptors (Lipinski definition) is 2. The van der Waals surface area contributed by atoms with Crippen LogP contribution in [0.15, 0.2) is 12.1 Å². The number of hydrogen-bond donors (Lipinski definition) is 1. The summed E-state index contributed by atoms with van der Waals surface area (Å²) in [5.74, 6) is -3.44. The van der Waals surface area contributed by atoms with Gasteiger partial charge in [-0.3, -0.25) is 0 Å². The SMILES string of the molecule is COc1c(O)cc(C)cc1C(C)(F)F. The van der Waals surface area contributed by atoms with Crippen LogP contribution in [0, 0.1) is 6.92 Å². The van der Waals surface area contributed by atoms with E-state index in [-0.39, 0.29) is 17.1 Å². The quantitative estimate of drug-likeness (QED) is 0.799. The highest BCUT2D eigenvalue weighted by Crippen LogP contribution is 2.40. The number of methoxy groups -OCH3 is 1. The number of alkyl halides is 2. The fourth-order valence-corrected chi connectivity index (χ4v) is 1.29. The summed E-state index contributed by atoms with van der Waals surface area (Å²) in [4.78, 5) is 0. The second-order valence-electron chi connectivity index (χ2n) is 3.25. The van der Waals surface area contributed by atoms with Crippen molar-refractivity contribution in [3.05, 3.63) is 23.3 Å². The van der Waals surface area contributed by atoms with Gasteiger partial charge >= 0.3 is 0 Å². The number of aromatic hydroxyl groups is 1. The molecule has 0 radical (unpaired) electrons. The third-order valence-corrected chi connectivity index (χ3v) is 1.89. The molecule has 0 saturated carbocycles. The molecule has 0 fully saturated rings. The van der Waals surface area contributed by atoms with E-state index in [1.54, 1.807) is 6.92 Å². The van der Waals surface area contributed by atoms with Crippen molar-refractivity contribution < 1.29 is 18.6 Å². The minimum Gasteiger partial charge on any atom is -0.504 e. The molecule has 78 valence electrons. The number of aryl methyl sites for hydroxylation is 1. The van der Waals surface area contributed by atoms with E-state index < -0.39 is 5.92 Å². The summed E-state index contributed by atoms with van der Waals surface area (Å²) in [7, 11) is 1.25. The van der Waals surface area contributed by atoms with Gasteiger partial charge in [-0.1, -0.05) is 0 Å². The Kier molecular flexibility index (Phi) is 2.64. The van der Waals surface area contributed by atoms with Gasteiger partial charge in [0, 0.05) is 6.92 Å². The first-order chi connectivity index (χ1) is 6.36. The van der Waals surface area contributed by atoms with E-state index in [9.17, 15) is 13.9 Å². The molecule has 2 nitrogen and oxygen atoms in total. The summed E-state index contributed by atoms with van der Waals surface area (Å²) >= 11 is 0. The second kappa shape index (κ2) is 3.44. The molecule has 0 spiro atoms. The predicted molar refractivity (Wildman–Crippen MR) is 49.0 cm³/mol. The lowest BCUT2D eigenvalue weighted by Gasteiger charge is -2.16. The summed E-state index contributed by atoms with van der Waals surface area (Å²) in [5, 5.41) is 9.38. The van der Waals surface area contributed by atoms with Crippen molar-refractivity contribution in [1.82, 2.24) is 0 Å². The van der Waals surface area contributed by atoms with Crippen molar-refractivity contribution in [1.29, 1.82) is 0 Å². The number of ether oxygens (including phenoxy) is 1. The fourth-order valence-electron chi connectivity index (χ4n) is 1.29. The molecule has 1 aromatic carbocycles. The van der Waals surface area contributed by atoms with Gasteiger partial charge in [-0.25, -0.2) is 8.78 Å². The number of phenolic OH excluding ortho intramolecular Hbond substituents is 1. The van der Waals surface area contributed by atoms with Gasteiger partial charge in [0.2, 0.25) is 0 Å². The highest BCUT2D eigenvalue weighted by Gasteiger charge is 2.30. The molecule has 0 bridgehead atoms. The predicted octanol–water partition coefficient (Wildman–Crippen LogP) is 2.82. The minimum absolute atomic E-state index is 0.164. The average Bonchev–Trinajstić information content (AvgIpc) is 2.01. The third kappa shape index (κ3) is 1.95. The van der Waals surface area contributed by atoms with Crippen LogP contribution in [-0.2, 0) is 5.92 Å². The van der Waals surface area contributed by atoms with Crippen LogP contribution in [0.1, 0.15) is 18.1 Å². The Bertz CT molecular complexity index is 343. The first-order valence-corrected chi connectivity index (χ1v) is 4.12. The molecule has 0 unspecified atom stereocenters. The molecule has 0 aromatic heterocycles. The largest absolute Gasteiger partial charge is 0.504 e. The van der Waals surface area contributed by atoms with Crippen LogP contribution < -0.4 is 4.74 Å². The molecule has 0 aliphatic rings. The lowest BCUT2D eigenvalue weighted by atomic mass is 10.0. The second-order valence-corrected chi connectivity index (χ2v) is 3.25. The molecule has 1 N–H and O–H groups in total. The summed E-state index contributed by atoms with van der Waals surface area (Å²) in [5.41, 5.74) is 0.275. The number of phenols is 1. The molecule has 0 amide bonds. The maximum atomic E-state index is 13.1. The lowest BCUT2D eigenvalue weighted by Crippen LogP contribution is -2.09. The van der Waals surface area contributed by atoms with Crippen LogP contribution in [-0.4, -0.2) is 12.2 Å². The van der Waals surface area contributed by atoms with E-state index in [1.807, 2.05) is 0 Å². The van der Waals surface area contributed by atoms with Crippen LogP contribution in [0.4, 0.5) is 8.78 Å². The molecule has 0 heterocycles. The van der Waals surface area contributed by atoms with E-state index in [0.717, 1.165) is 6.92 Å². The Balaban J connectivity index is 3.40. The molecule has 0 saturated heterocycles. The average molecular weight is 202 g/mol. The third-order valence-electron chi connectivity index (χ3n) is 1.89. The molecule has 4 heteroatoms. The van der Waals surface area contributed by atoms with Crippen LogP contribution in [0.5, 0.6) is 11.5 Å². The van der Waals surface area contributed by atoms with Gasteiger partial charge in [0.1, 0.15) is 0 Å². The maximum Gasteiger partial charge on any atom is 0.274 e. The fraction of sp³-hybridized carbons (Fsp3) is 0.400. The van der Waals surface area contributed by atoms with Gasteiger partial charge < -0.3 is 9.84 Å². The number of halogens is 2. The Labute approximate surface area is 81.1 Å². The lowest BCUT2D eigenvalue weighted by molar-refractivity contribution is 0.0146. The molecule has 14 heavy (non-hydrogen) atoms. The molecule has 0 aliphatic heterocycles. The molecule has 0 aliphatic carbocycles. The van der Waals surface area contributed by atoms with Gasteiger partial charge in [-0.2, -0.15) is 0 Å². The monoisotopic (exact) mass is 202 g/mol. The van der Waals surface area contributed by atoms with Crippen molar-refractivity contribution in [2.45, 2.75) is 19.8 Å². The van der Waals surface area contributed by atoms with Gasteiger partial charge in [0.05, 0.1) is 12.7 Å². The first kappa shape index (κ1) is 10.8. The summed E-state index contributed by atoms with van der Waals surface area (Å²) in [6.07, 6.45) is 0. The highest BCUT2D eigenvalue weighted by molar-refractivity contribution is 5.50. The standard InChI is InChI=1S/C10H12F2O2/c1-6-4-7(10(2,11)12)9(14-3)8(13)5-6/h4-5,13H,1-3H3. The zero-order valence-corrected chi connectivity index (χ0v) is 8.27. The number of benzene rings is 1. The van der Waals surface area contributed by atoms with Gasteiger partial charge in [0.15, 0.2) is 11.5 Å². The van der Waals surface area contributed by atoms with Crippen LogP contribution in [0.25, 0.3) is 0 Å². The van der Waals surface area contributed by atoms with Crippen LogP contribution >= 0.6 is 0 Å². The van der Waals surface area contributed by atoms with E-state index in [1.165, 1.54) is 19.2 Å². The Morgan fingerprint density at radius 3 is 2.36 bits per heavy atom. The molecular formula is C10H12F2O2. The van der Waals surface area contributed by atoms with E-state index >= 15 is 0 Å². The van der Waals surface area contributed by atoms with Gasteiger partial charge in [0.25, 0.3) is 5.92 Å². The summed E-state index contributed by atoms with van der Waals surface area (Å²) < 4.78 is 30.9. The molecule has 1 rings (SSSR count). The van der Waals surface area contributed by atoms with Gasteiger partial charge in [-0.05, 0) is 24.6 Å². The Hall–Kier alpha value is -1.32. The first-order valence-electron chi connectivity index (χ1n) is 4.12. The van der Waals surface area contributed by atoms with Gasteiger partial charge in [-0.15, -0.1) is 0 Å². The van der Waals surface area contributed by atoms with E-state index in [4.69, 9.17) is 4.74 Å². The zero-order chi connectivity index (χ0) is 10.9. The van der Waals surface area contributed by atoms with Crippen LogP contribution in [0.3, 0.4) is 0 Å². The topological polar surface area (TPSA) is 29.5 Å². The molecular weight excluding hydrogens is 190 g/mol. The smallest absolute Gasteiger partial charge is 0.274 e. The van der Waals surface area contributed by atoms with Crippen LogP contribution in [0.2, 0.25) is 0 Å². The molecule has 0 atom stereocenters. The van der Waals surface area contributed by atoms with Crippen molar-refractivity contribution in [2.24, 2.45) is 0 Å². The summed E-state index contributed by atoms with van der Waals surface area (Å²) in [6, 6.07) is 2.69. The van der Waals surface area contributed by atoms with E-state index in [2.05, 4.69) is 0 Å². The van der Waals surface area contributed by atoms with Crippen molar-refractivity contribution in [3.63, 3.8) is 0 Å². The molecule has 1 aromatic rings. The number of rotatable bonds is 2. The summed E-state index contributed by atoms with van der Waals surface area (Å²) in [6.45, 7) is 2.40.